The highest BCUT2D eigenvalue weighted by molar-refractivity contribution is 5.92. The van der Waals surface area contributed by atoms with Gasteiger partial charge in [-0.1, -0.05) is 11.6 Å². The van der Waals surface area contributed by atoms with Crippen molar-refractivity contribution in [1.82, 2.24) is 39.6 Å². The molecule has 2 aromatic heterocycles. The van der Waals surface area contributed by atoms with Gasteiger partial charge in [-0.15, -0.1) is 15.3 Å². The summed E-state index contributed by atoms with van der Waals surface area (Å²) in [6.07, 6.45) is 9.50. The van der Waals surface area contributed by atoms with Gasteiger partial charge in [-0.05, 0) is 59.3 Å². The topological polar surface area (TPSA) is 111 Å². The van der Waals surface area contributed by atoms with Crippen LogP contribution in [0.3, 0.4) is 0 Å². The minimum atomic E-state index is -0.505. The van der Waals surface area contributed by atoms with Crippen LogP contribution in [-0.2, 0) is 17.7 Å². The van der Waals surface area contributed by atoms with Crippen LogP contribution in [0, 0.1) is 0 Å². The molecule has 3 aliphatic heterocycles. The van der Waals surface area contributed by atoms with Crippen LogP contribution >= 0.6 is 0 Å². The Morgan fingerprint density at radius 3 is 2.50 bits per heavy atom. The SMILES string of the molecule is CC(C)(C)OC(=O)N1CCC(n2cc(C(=O)N3CCCC(c4nnc5n4CCCCC5)C3)nn2)CC1. The van der Waals surface area contributed by atoms with E-state index in [1.54, 1.807) is 15.8 Å². The van der Waals surface area contributed by atoms with Crippen LogP contribution in [0.1, 0.15) is 99.8 Å². The van der Waals surface area contributed by atoms with Crippen molar-refractivity contribution in [2.24, 2.45) is 0 Å². The first kappa shape index (κ1) is 24.7. The van der Waals surface area contributed by atoms with Crippen LogP contribution in [0.5, 0.6) is 0 Å². The number of rotatable bonds is 3. The molecule has 2 aromatic rings. The zero-order valence-corrected chi connectivity index (χ0v) is 21.7. The zero-order chi connectivity index (χ0) is 25.3. The van der Waals surface area contributed by atoms with Crippen molar-refractivity contribution in [3.05, 3.63) is 23.5 Å². The van der Waals surface area contributed by atoms with E-state index in [1.165, 1.54) is 12.8 Å². The number of carbonyl (C=O) groups is 2. The summed E-state index contributed by atoms with van der Waals surface area (Å²) in [4.78, 5) is 29.3. The van der Waals surface area contributed by atoms with Gasteiger partial charge >= 0.3 is 6.09 Å². The molecule has 2 amide bonds. The van der Waals surface area contributed by atoms with Crippen LogP contribution in [-0.4, -0.2) is 83.3 Å². The van der Waals surface area contributed by atoms with Crippen LogP contribution in [0.4, 0.5) is 4.79 Å². The van der Waals surface area contributed by atoms with E-state index in [9.17, 15) is 9.59 Å². The van der Waals surface area contributed by atoms with Crippen LogP contribution in [0.2, 0.25) is 0 Å². The molecule has 0 radical (unpaired) electrons. The highest BCUT2D eigenvalue weighted by Gasteiger charge is 2.32. The van der Waals surface area contributed by atoms with Gasteiger partial charge in [0.05, 0.1) is 12.2 Å². The molecule has 0 N–H and O–H groups in total. The van der Waals surface area contributed by atoms with Gasteiger partial charge in [-0.25, -0.2) is 9.48 Å². The molecular weight excluding hydrogens is 460 g/mol. The molecule has 11 heteroatoms. The molecule has 3 aliphatic rings. The number of hydrogen-bond donors (Lipinski definition) is 0. The number of aromatic nitrogens is 6. The third kappa shape index (κ3) is 5.39. The number of piperidine rings is 2. The molecule has 11 nitrogen and oxygen atoms in total. The second kappa shape index (κ2) is 10.2. The number of amides is 2. The Morgan fingerprint density at radius 1 is 0.917 bits per heavy atom. The van der Waals surface area contributed by atoms with Crippen LogP contribution in [0.15, 0.2) is 6.20 Å². The van der Waals surface area contributed by atoms with Crippen molar-refractivity contribution in [3.63, 3.8) is 0 Å². The third-order valence-electron chi connectivity index (χ3n) is 7.43. The fourth-order valence-electron chi connectivity index (χ4n) is 5.54. The second-order valence-electron chi connectivity index (χ2n) is 11.3. The molecule has 2 fully saturated rings. The lowest BCUT2D eigenvalue weighted by Gasteiger charge is -2.33. The Balaban J connectivity index is 1.19. The lowest BCUT2D eigenvalue weighted by molar-refractivity contribution is 0.0184. The first-order valence-electron chi connectivity index (χ1n) is 13.4. The average Bonchev–Trinajstić information content (AvgIpc) is 3.45. The first-order chi connectivity index (χ1) is 17.3. The van der Waals surface area contributed by atoms with Gasteiger partial charge in [0.15, 0.2) is 5.69 Å². The third-order valence-corrected chi connectivity index (χ3v) is 7.43. The maximum atomic E-state index is 13.3. The van der Waals surface area contributed by atoms with Crippen LogP contribution < -0.4 is 0 Å². The summed E-state index contributed by atoms with van der Waals surface area (Å²) in [7, 11) is 0. The lowest BCUT2D eigenvalue weighted by Crippen LogP contribution is -2.42. The summed E-state index contributed by atoms with van der Waals surface area (Å²) in [6.45, 7) is 9.14. The van der Waals surface area contributed by atoms with E-state index in [4.69, 9.17) is 4.74 Å². The van der Waals surface area contributed by atoms with E-state index in [1.807, 2.05) is 25.7 Å². The highest BCUT2D eigenvalue weighted by atomic mass is 16.6. The molecule has 0 spiro atoms. The maximum absolute atomic E-state index is 13.3. The number of nitrogens with zero attached hydrogens (tertiary/aromatic N) is 8. The zero-order valence-electron chi connectivity index (χ0n) is 21.7. The van der Waals surface area contributed by atoms with Gasteiger partial charge in [0, 0.05) is 45.1 Å². The van der Waals surface area contributed by atoms with Gasteiger partial charge in [0.25, 0.3) is 5.91 Å². The molecular formula is C25H38N8O3. The van der Waals surface area contributed by atoms with Gasteiger partial charge < -0.3 is 19.1 Å². The van der Waals surface area contributed by atoms with E-state index in [0.717, 1.165) is 63.3 Å². The molecule has 196 valence electrons. The van der Waals surface area contributed by atoms with Crippen molar-refractivity contribution in [1.29, 1.82) is 0 Å². The van der Waals surface area contributed by atoms with Gasteiger partial charge in [0.1, 0.15) is 17.2 Å². The monoisotopic (exact) mass is 498 g/mol. The average molecular weight is 499 g/mol. The molecule has 1 unspecified atom stereocenters. The summed E-state index contributed by atoms with van der Waals surface area (Å²) in [5.41, 5.74) is -0.125. The van der Waals surface area contributed by atoms with Crippen molar-refractivity contribution in [3.8, 4) is 0 Å². The van der Waals surface area contributed by atoms with E-state index in [2.05, 4.69) is 25.1 Å². The van der Waals surface area contributed by atoms with E-state index in [0.29, 0.717) is 25.3 Å². The van der Waals surface area contributed by atoms with Gasteiger partial charge in [-0.3, -0.25) is 4.79 Å². The van der Waals surface area contributed by atoms with Crippen LogP contribution in [0.25, 0.3) is 0 Å². The molecule has 0 bridgehead atoms. The predicted octanol–water partition coefficient (Wildman–Crippen LogP) is 3.19. The molecule has 0 aliphatic carbocycles. The Morgan fingerprint density at radius 2 is 1.72 bits per heavy atom. The Kier molecular flexibility index (Phi) is 6.98. The first-order valence-corrected chi connectivity index (χ1v) is 13.4. The fraction of sp³-hybridized carbons (Fsp3) is 0.760. The maximum Gasteiger partial charge on any atom is 0.410 e. The molecule has 0 saturated carbocycles. The summed E-state index contributed by atoms with van der Waals surface area (Å²) in [6, 6.07) is 0.110. The summed E-state index contributed by atoms with van der Waals surface area (Å²) < 4.78 is 9.57. The van der Waals surface area contributed by atoms with Crippen molar-refractivity contribution in [2.75, 3.05) is 26.2 Å². The quantitative estimate of drug-likeness (QED) is 0.639. The molecule has 5 heterocycles. The number of hydrogen-bond acceptors (Lipinski definition) is 7. The minimum Gasteiger partial charge on any atom is -0.444 e. The largest absolute Gasteiger partial charge is 0.444 e. The summed E-state index contributed by atoms with van der Waals surface area (Å²) in [5.74, 6) is 2.25. The van der Waals surface area contributed by atoms with Crippen molar-refractivity contribution < 1.29 is 14.3 Å². The molecule has 2 saturated heterocycles. The fourth-order valence-corrected chi connectivity index (χ4v) is 5.54. The Bertz CT molecular complexity index is 1080. The normalized spacial score (nSPS) is 21.7. The number of likely N-dealkylation sites (tertiary alicyclic amines) is 2. The number of fused-ring (bicyclic) bond motifs is 1. The van der Waals surface area contributed by atoms with E-state index < -0.39 is 5.60 Å². The highest BCUT2D eigenvalue weighted by Crippen LogP contribution is 2.29. The predicted molar refractivity (Wildman–Crippen MR) is 132 cm³/mol. The smallest absolute Gasteiger partial charge is 0.410 e. The molecule has 36 heavy (non-hydrogen) atoms. The molecule has 1 atom stereocenters. The van der Waals surface area contributed by atoms with Gasteiger partial charge in [0.2, 0.25) is 0 Å². The van der Waals surface area contributed by atoms with Crippen molar-refractivity contribution >= 4 is 12.0 Å². The Hall–Kier alpha value is -2.98. The van der Waals surface area contributed by atoms with Crippen molar-refractivity contribution in [2.45, 2.75) is 96.2 Å². The molecule has 5 rings (SSSR count). The minimum absolute atomic E-state index is 0.0762. The lowest BCUT2D eigenvalue weighted by atomic mass is 9.96. The second-order valence-corrected chi connectivity index (χ2v) is 11.3. The molecule has 0 aromatic carbocycles. The number of carbonyl (C=O) groups excluding carboxylic acids is 2. The number of aryl methyl sites for hydroxylation is 1. The Labute approximate surface area is 212 Å². The van der Waals surface area contributed by atoms with E-state index in [-0.39, 0.29) is 24.0 Å². The number of ether oxygens (including phenoxy) is 1. The van der Waals surface area contributed by atoms with Gasteiger partial charge in [-0.2, -0.15) is 0 Å². The standard InChI is InChI=1S/C25H38N8O3/c1-25(2,3)36-24(35)30-14-10-19(11-15-30)33-17-20(26-29-33)23(34)31-12-7-8-18(16-31)22-28-27-21-9-5-4-6-13-32(21)22/h17-19H,4-16H2,1-3H3. The summed E-state index contributed by atoms with van der Waals surface area (Å²) >= 11 is 0. The van der Waals surface area contributed by atoms with E-state index >= 15 is 0 Å². The summed E-state index contributed by atoms with van der Waals surface area (Å²) in [5, 5.41) is 17.5.